The molecule has 1 N–H and O–H groups in total. The molecular weight excluding hydrogens is 392 g/mol. The normalized spacial score (nSPS) is 13.5. The third kappa shape index (κ3) is 5.29. The molecule has 7 nitrogen and oxygen atoms in total. The molecule has 1 aliphatic rings. The fourth-order valence-corrected chi connectivity index (χ4v) is 3.83. The predicted molar refractivity (Wildman–Crippen MR) is 123 cm³/mol. The van der Waals surface area contributed by atoms with Crippen molar-refractivity contribution in [1.82, 2.24) is 15.1 Å². The first kappa shape index (κ1) is 22.5. The van der Waals surface area contributed by atoms with Gasteiger partial charge in [-0.3, -0.25) is 9.79 Å². The summed E-state index contributed by atoms with van der Waals surface area (Å²) in [6, 6.07) is 11.9. The minimum atomic E-state index is 0.0182. The molecule has 0 fully saturated rings. The topological polar surface area (TPSA) is 66.4 Å². The third-order valence-electron chi connectivity index (χ3n) is 5.51. The van der Waals surface area contributed by atoms with Crippen LogP contribution in [0.25, 0.3) is 0 Å². The number of hydrogen-bond acceptors (Lipinski definition) is 4. The summed E-state index contributed by atoms with van der Waals surface area (Å²) in [5.41, 5.74) is 4.34. The number of hydrogen-bond donors (Lipinski definition) is 1. The molecule has 0 aromatic heterocycles. The zero-order chi connectivity index (χ0) is 22.4. The van der Waals surface area contributed by atoms with Crippen molar-refractivity contribution >= 4 is 11.9 Å². The van der Waals surface area contributed by atoms with E-state index >= 15 is 0 Å². The number of carbonyl (C=O) groups excluding carboxylic acids is 1. The van der Waals surface area contributed by atoms with E-state index in [1.54, 1.807) is 33.2 Å². The monoisotopic (exact) mass is 424 g/mol. The van der Waals surface area contributed by atoms with Gasteiger partial charge in [0.1, 0.15) is 0 Å². The van der Waals surface area contributed by atoms with E-state index in [0.717, 1.165) is 55.5 Å². The molecular formula is C24H32N4O3. The fourth-order valence-electron chi connectivity index (χ4n) is 3.83. The van der Waals surface area contributed by atoms with Gasteiger partial charge in [0, 0.05) is 46.3 Å². The first-order valence-corrected chi connectivity index (χ1v) is 10.5. The van der Waals surface area contributed by atoms with E-state index < -0.39 is 0 Å². The van der Waals surface area contributed by atoms with Crippen LogP contribution < -0.4 is 14.8 Å². The number of ether oxygens (including phenoxy) is 2. The van der Waals surface area contributed by atoms with Gasteiger partial charge in [-0.15, -0.1) is 0 Å². The van der Waals surface area contributed by atoms with Crippen LogP contribution in [0.1, 0.15) is 27.0 Å². The van der Waals surface area contributed by atoms with Crippen molar-refractivity contribution in [2.75, 3.05) is 48.5 Å². The Morgan fingerprint density at radius 1 is 1.13 bits per heavy atom. The fraction of sp³-hybridized carbons (Fsp3) is 0.417. The second kappa shape index (κ2) is 10.2. The average Bonchev–Trinajstić information content (AvgIpc) is 2.80. The molecule has 0 radical (unpaired) electrons. The maximum atomic E-state index is 12.2. The Kier molecular flexibility index (Phi) is 7.39. The molecule has 7 heteroatoms. The van der Waals surface area contributed by atoms with Gasteiger partial charge in [-0.1, -0.05) is 12.1 Å². The highest BCUT2D eigenvalue weighted by atomic mass is 16.5. The molecule has 1 amide bonds. The number of benzene rings is 2. The summed E-state index contributed by atoms with van der Waals surface area (Å²) in [6.45, 7) is 2.39. The number of guanidine groups is 1. The minimum absolute atomic E-state index is 0.0182. The van der Waals surface area contributed by atoms with Gasteiger partial charge in [0.05, 0.1) is 14.2 Å². The van der Waals surface area contributed by atoms with E-state index in [4.69, 9.17) is 9.47 Å². The van der Waals surface area contributed by atoms with E-state index in [9.17, 15) is 4.79 Å². The number of fused-ring (bicyclic) bond motifs is 1. The van der Waals surface area contributed by atoms with Gasteiger partial charge in [-0.25, -0.2) is 0 Å². The largest absolute Gasteiger partial charge is 0.493 e. The lowest BCUT2D eigenvalue weighted by Crippen LogP contribution is -2.44. The Labute approximate surface area is 184 Å². The number of rotatable bonds is 6. The lowest BCUT2D eigenvalue weighted by molar-refractivity contribution is 0.0827. The van der Waals surface area contributed by atoms with Crippen LogP contribution in [0.2, 0.25) is 0 Å². The number of aliphatic imine (C=N–C) groups is 1. The molecule has 2 aromatic carbocycles. The molecule has 0 atom stereocenters. The van der Waals surface area contributed by atoms with Crippen LogP contribution in [-0.2, 0) is 19.4 Å². The smallest absolute Gasteiger partial charge is 0.253 e. The van der Waals surface area contributed by atoms with Crippen LogP contribution in [0, 0.1) is 0 Å². The zero-order valence-corrected chi connectivity index (χ0v) is 19.1. The second-order valence-corrected chi connectivity index (χ2v) is 7.77. The standard InChI is InChI=1S/C24H32N4O3/c1-25-24(26-11-9-17-7-6-8-19(13-17)23(29)27(2)3)28-12-10-18-14-21(30-4)22(31-5)15-20(18)16-28/h6-8,13-15H,9-12,16H2,1-5H3,(H,25,26). The molecule has 0 saturated carbocycles. The summed E-state index contributed by atoms with van der Waals surface area (Å²) in [6.07, 6.45) is 1.73. The Bertz CT molecular complexity index is 956. The van der Waals surface area contributed by atoms with E-state index in [1.807, 2.05) is 31.3 Å². The van der Waals surface area contributed by atoms with Crippen molar-refractivity contribution in [1.29, 1.82) is 0 Å². The molecule has 0 aliphatic carbocycles. The van der Waals surface area contributed by atoms with Gasteiger partial charge in [0.25, 0.3) is 5.91 Å². The third-order valence-corrected chi connectivity index (χ3v) is 5.51. The Morgan fingerprint density at radius 3 is 2.48 bits per heavy atom. The maximum absolute atomic E-state index is 12.2. The van der Waals surface area contributed by atoms with Crippen molar-refractivity contribution in [3.63, 3.8) is 0 Å². The summed E-state index contributed by atoms with van der Waals surface area (Å²) in [7, 11) is 8.67. The molecule has 1 heterocycles. The predicted octanol–water partition coefficient (Wildman–Crippen LogP) is 2.58. The van der Waals surface area contributed by atoms with Crippen molar-refractivity contribution < 1.29 is 14.3 Å². The Morgan fingerprint density at radius 2 is 1.84 bits per heavy atom. The Balaban J connectivity index is 1.62. The highest BCUT2D eigenvalue weighted by molar-refractivity contribution is 5.94. The molecule has 3 rings (SSSR count). The van der Waals surface area contributed by atoms with Crippen LogP contribution in [0.4, 0.5) is 0 Å². The van der Waals surface area contributed by atoms with E-state index in [-0.39, 0.29) is 5.91 Å². The van der Waals surface area contributed by atoms with Gasteiger partial charge in [-0.2, -0.15) is 0 Å². The van der Waals surface area contributed by atoms with Gasteiger partial charge < -0.3 is 24.6 Å². The molecule has 0 saturated heterocycles. The summed E-state index contributed by atoms with van der Waals surface area (Å²) in [5.74, 6) is 2.41. The van der Waals surface area contributed by atoms with Crippen LogP contribution in [0.5, 0.6) is 11.5 Å². The highest BCUT2D eigenvalue weighted by Gasteiger charge is 2.21. The first-order valence-electron chi connectivity index (χ1n) is 10.5. The van der Waals surface area contributed by atoms with Gasteiger partial charge >= 0.3 is 0 Å². The number of nitrogens with one attached hydrogen (secondary N) is 1. The van der Waals surface area contributed by atoms with E-state index in [0.29, 0.717) is 5.56 Å². The van der Waals surface area contributed by atoms with Gasteiger partial charge in [0.2, 0.25) is 0 Å². The molecule has 31 heavy (non-hydrogen) atoms. The summed E-state index contributed by atoms with van der Waals surface area (Å²) < 4.78 is 10.9. The maximum Gasteiger partial charge on any atom is 0.253 e. The van der Waals surface area contributed by atoms with Crippen LogP contribution in [0.15, 0.2) is 41.4 Å². The van der Waals surface area contributed by atoms with Crippen molar-refractivity contribution in [2.45, 2.75) is 19.4 Å². The second-order valence-electron chi connectivity index (χ2n) is 7.77. The quantitative estimate of drug-likeness (QED) is 0.570. The molecule has 2 aromatic rings. The lowest BCUT2D eigenvalue weighted by atomic mass is 9.99. The average molecular weight is 425 g/mol. The summed E-state index contributed by atoms with van der Waals surface area (Å²) in [5, 5.41) is 3.47. The number of amides is 1. The molecule has 0 bridgehead atoms. The zero-order valence-electron chi connectivity index (χ0n) is 19.1. The van der Waals surface area contributed by atoms with Crippen LogP contribution >= 0.6 is 0 Å². The first-order chi connectivity index (χ1) is 15.0. The van der Waals surface area contributed by atoms with E-state index in [2.05, 4.69) is 27.3 Å². The molecule has 166 valence electrons. The number of nitrogens with zero attached hydrogens (tertiary/aromatic N) is 3. The number of methoxy groups -OCH3 is 2. The molecule has 0 spiro atoms. The van der Waals surface area contributed by atoms with E-state index in [1.165, 1.54) is 11.1 Å². The van der Waals surface area contributed by atoms with Crippen LogP contribution in [0.3, 0.4) is 0 Å². The number of carbonyl (C=O) groups is 1. The van der Waals surface area contributed by atoms with Gasteiger partial charge in [0.15, 0.2) is 17.5 Å². The Hall–Kier alpha value is -3.22. The summed E-state index contributed by atoms with van der Waals surface area (Å²) in [4.78, 5) is 20.5. The van der Waals surface area contributed by atoms with Crippen molar-refractivity contribution in [3.05, 3.63) is 58.7 Å². The molecule has 1 aliphatic heterocycles. The highest BCUT2D eigenvalue weighted by Crippen LogP contribution is 2.33. The SMILES string of the molecule is CN=C(NCCc1cccc(C(=O)N(C)C)c1)N1CCc2cc(OC)c(OC)cc2C1. The van der Waals surface area contributed by atoms with Crippen molar-refractivity contribution in [2.24, 2.45) is 4.99 Å². The van der Waals surface area contributed by atoms with Crippen molar-refractivity contribution in [3.8, 4) is 11.5 Å². The minimum Gasteiger partial charge on any atom is -0.493 e. The molecule has 0 unspecified atom stereocenters. The van der Waals surface area contributed by atoms with Gasteiger partial charge in [-0.05, 0) is 53.8 Å². The van der Waals surface area contributed by atoms with Crippen LogP contribution in [-0.4, -0.2) is 70.1 Å². The summed E-state index contributed by atoms with van der Waals surface area (Å²) >= 11 is 0. The lowest BCUT2D eigenvalue weighted by Gasteiger charge is -2.32.